The molecule has 0 unspecified atom stereocenters. The number of halogens is 6. The fourth-order valence-electron chi connectivity index (χ4n) is 4.15. The van der Waals surface area contributed by atoms with Crippen LogP contribution < -0.4 is 25.3 Å². The molecule has 0 aliphatic carbocycles. The topological polar surface area (TPSA) is 165 Å². The summed E-state index contributed by atoms with van der Waals surface area (Å²) in [6.45, 7) is 0. The number of nitrogens with one attached hydrogen (secondary N) is 2. The summed E-state index contributed by atoms with van der Waals surface area (Å²) in [4.78, 5) is 44.9. The van der Waals surface area contributed by atoms with Crippen LogP contribution in [0.25, 0.3) is 23.0 Å². The molecule has 0 spiro atoms. The van der Waals surface area contributed by atoms with Gasteiger partial charge in [-0.2, -0.15) is 36.3 Å². The zero-order valence-electron chi connectivity index (χ0n) is 25.8. The van der Waals surface area contributed by atoms with E-state index in [0.717, 1.165) is 30.3 Å². The molecule has 3 N–H and O–H groups in total. The number of hydrogen-bond donors (Lipinski definition) is 3. The molecule has 0 saturated heterocycles. The molecule has 4 aromatic heterocycles. The average molecular weight is 713 g/mol. The number of pyridine rings is 2. The number of ether oxygens (including phenoxy) is 3. The number of aromatic amines is 2. The van der Waals surface area contributed by atoms with Crippen LogP contribution >= 0.6 is 0 Å². The molecule has 51 heavy (non-hydrogen) atoms. The second kappa shape index (κ2) is 14.8. The molecule has 0 saturated carbocycles. The van der Waals surface area contributed by atoms with Crippen molar-refractivity contribution in [3.8, 4) is 57.8 Å². The standard InChI is InChI=1S/C17H12F3N3O3.C16H10F3N3O3/c1-25-13-15(24)22-14(12-7-2-3-8-21-12)23-16(13)26-11-6-4-5-10(9-11)17(18,19)20;17-16(18,19)9-4-3-5-10(8-9)25-15-12(23)14(24)21-13(22-15)11-6-1-2-7-20-11/h2-9H,1H3,(H,22,23,24);1-8,23H,(H,21,22,24). The zero-order chi connectivity index (χ0) is 36.8. The van der Waals surface area contributed by atoms with E-state index in [4.69, 9.17) is 14.2 Å². The highest BCUT2D eigenvalue weighted by Crippen LogP contribution is 2.35. The fourth-order valence-corrected chi connectivity index (χ4v) is 4.15. The molecule has 12 nitrogen and oxygen atoms in total. The Morgan fingerprint density at radius 3 is 1.55 bits per heavy atom. The van der Waals surface area contributed by atoms with Gasteiger partial charge < -0.3 is 29.3 Å². The van der Waals surface area contributed by atoms with Crippen LogP contribution in [-0.4, -0.2) is 42.1 Å². The Hall–Kier alpha value is -6.72. The van der Waals surface area contributed by atoms with Crippen molar-refractivity contribution in [3.63, 3.8) is 0 Å². The van der Waals surface area contributed by atoms with Crippen LogP contribution in [0.1, 0.15) is 11.1 Å². The number of methoxy groups -OCH3 is 1. The summed E-state index contributed by atoms with van der Waals surface area (Å²) in [5.74, 6) is -2.17. The van der Waals surface area contributed by atoms with Gasteiger partial charge in [-0.25, -0.2) is 0 Å². The molecule has 0 bridgehead atoms. The first kappa shape index (κ1) is 35.6. The second-order valence-corrected chi connectivity index (χ2v) is 10.0. The monoisotopic (exact) mass is 712 g/mol. The summed E-state index contributed by atoms with van der Waals surface area (Å²) in [5, 5.41) is 9.79. The molecular weight excluding hydrogens is 690 g/mol. The first-order chi connectivity index (χ1) is 24.2. The maximum absolute atomic E-state index is 12.8. The van der Waals surface area contributed by atoms with E-state index in [-0.39, 0.29) is 34.8 Å². The summed E-state index contributed by atoms with van der Waals surface area (Å²) in [6.07, 6.45) is -6.10. The third kappa shape index (κ3) is 8.85. The highest BCUT2D eigenvalue weighted by Gasteiger charge is 2.32. The fraction of sp³-hybridized carbons (Fsp3) is 0.0909. The van der Waals surface area contributed by atoms with Gasteiger partial charge in [0.05, 0.1) is 18.2 Å². The van der Waals surface area contributed by atoms with Crippen molar-refractivity contribution in [2.45, 2.75) is 12.4 Å². The Bertz CT molecular complexity index is 2250. The van der Waals surface area contributed by atoms with Gasteiger partial charge in [0.25, 0.3) is 22.9 Å². The summed E-state index contributed by atoms with van der Waals surface area (Å²) in [7, 11) is 1.23. The Morgan fingerprint density at radius 1 is 0.627 bits per heavy atom. The third-order valence-corrected chi connectivity index (χ3v) is 6.48. The highest BCUT2D eigenvalue weighted by atomic mass is 19.4. The van der Waals surface area contributed by atoms with Crippen LogP contribution in [0.15, 0.2) is 107 Å². The first-order valence-electron chi connectivity index (χ1n) is 14.3. The minimum atomic E-state index is -4.55. The van der Waals surface area contributed by atoms with Crippen molar-refractivity contribution < 1.29 is 45.7 Å². The van der Waals surface area contributed by atoms with Crippen molar-refractivity contribution in [1.29, 1.82) is 0 Å². The molecule has 0 radical (unpaired) electrons. The average Bonchev–Trinajstić information content (AvgIpc) is 3.10. The molecule has 4 heterocycles. The third-order valence-electron chi connectivity index (χ3n) is 6.48. The van der Waals surface area contributed by atoms with Gasteiger partial charge in [0.2, 0.25) is 11.5 Å². The van der Waals surface area contributed by atoms with Crippen molar-refractivity contribution in [2.75, 3.05) is 7.11 Å². The molecule has 18 heteroatoms. The number of hydrogen-bond acceptors (Lipinski definition) is 10. The van der Waals surface area contributed by atoms with Crippen LogP contribution in [0.2, 0.25) is 0 Å². The van der Waals surface area contributed by atoms with Crippen LogP contribution in [0.3, 0.4) is 0 Å². The normalized spacial score (nSPS) is 11.3. The number of benzene rings is 2. The lowest BCUT2D eigenvalue weighted by molar-refractivity contribution is -0.138. The van der Waals surface area contributed by atoms with E-state index in [2.05, 4.69) is 29.9 Å². The van der Waals surface area contributed by atoms with Crippen LogP contribution in [0.4, 0.5) is 26.3 Å². The Labute approximate surface area is 282 Å². The van der Waals surface area contributed by atoms with E-state index in [1.54, 1.807) is 36.4 Å². The van der Waals surface area contributed by atoms with Crippen LogP contribution in [0, 0.1) is 0 Å². The number of aromatic nitrogens is 6. The summed E-state index contributed by atoms with van der Waals surface area (Å²) < 4.78 is 92.3. The zero-order valence-corrected chi connectivity index (χ0v) is 25.8. The molecular formula is C33H22F6N6O6. The van der Waals surface area contributed by atoms with E-state index in [0.29, 0.717) is 11.4 Å². The predicted octanol–water partition coefficient (Wildman–Crippen LogP) is 7.00. The maximum Gasteiger partial charge on any atom is 0.416 e. The predicted molar refractivity (Wildman–Crippen MR) is 167 cm³/mol. The van der Waals surface area contributed by atoms with Crippen molar-refractivity contribution in [2.24, 2.45) is 0 Å². The molecule has 0 aliphatic heterocycles. The first-order valence-corrected chi connectivity index (χ1v) is 14.3. The van der Waals surface area contributed by atoms with E-state index < -0.39 is 46.2 Å². The van der Waals surface area contributed by atoms with Gasteiger partial charge in [-0.3, -0.25) is 19.6 Å². The molecule has 0 aliphatic rings. The maximum atomic E-state index is 12.8. The highest BCUT2D eigenvalue weighted by molar-refractivity contribution is 5.52. The minimum absolute atomic E-state index is 0.00498. The SMILES string of the molecule is COc1c(Oc2cccc(C(F)(F)F)c2)nc(-c2ccccn2)[nH]c1=O.O=c1[nH]c(-c2ccccn2)nc(Oc2cccc(C(F)(F)F)c2)c1O. The van der Waals surface area contributed by atoms with Gasteiger partial charge in [-0.05, 0) is 60.7 Å². The number of H-pyrrole nitrogens is 2. The lowest BCUT2D eigenvalue weighted by Crippen LogP contribution is -2.14. The summed E-state index contributed by atoms with van der Waals surface area (Å²) in [5.41, 5.74) is -2.71. The van der Waals surface area contributed by atoms with Gasteiger partial charge >= 0.3 is 12.4 Å². The van der Waals surface area contributed by atoms with Crippen LogP contribution in [0.5, 0.6) is 34.8 Å². The molecule has 0 amide bonds. The summed E-state index contributed by atoms with van der Waals surface area (Å²) >= 11 is 0. The van der Waals surface area contributed by atoms with Gasteiger partial charge in [-0.15, -0.1) is 0 Å². The second-order valence-electron chi connectivity index (χ2n) is 10.0. The number of aromatic hydroxyl groups is 1. The van der Waals surface area contributed by atoms with E-state index in [9.17, 15) is 41.0 Å². The molecule has 262 valence electrons. The van der Waals surface area contributed by atoms with Gasteiger partial charge in [0.1, 0.15) is 22.9 Å². The Morgan fingerprint density at radius 2 is 1.10 bits per heavy atom. The smallest absolute Gasteiger partial charge is 0.416 e. The Balaban J connectivity index is 0.000000198. The van der Waals surface area contributed by atoms with Gasteiger partial charge in [0, 0.05) is 12.4 Å². The Kier molecular flexibility index (Phi) is 10.3. The largest absolute Gasteiger partial charge is 0.499 e. The molecule has 0 fully saturated rings. The van der Waals surface area contributed by atoms with Crippen molar-refractivity contribution in [3.05, 3.63) is 129 Å². The number of nitrogens with zero attached hydrogens (tertiary/aromatic N) is 4. The minimum Gasteiger partial charge on any atom is -0.499 e. The number of rotatable bonds is 7. The van der Waals surface area contributed by atoms with Crippen molar-refractivity contribution in [1.82, 2.24) is 29.9 Å². The van der Waals surface area contributed by atoms with Gasteiger partial charge in [0.15, 0.2) is 11.6 Å². The lowest BCUT2D eigenvalue weighted by Gasteiger charge is -2.12. The summed E-state index contributed by atoms with van der Waals surface area (Å²) in [6, 6.07) is 18.1. The lowest BCUT2D eigenvalue weighted by atomic mass is 10.2. The molecule has 6 aromatic rings. The quantitative estimate of drug-likeness (QED) is 0.147. The van der Waals surface area contributed by atoms with Crippen molar-refractivity contribution >= 4 is 0 Å². The molecule has 2 aromatic carbocycles. The van der Waals surface area contributed by atoms with Crippen LogP contribution in [-0.2, 0) is 12.4 Å². The molecule has 0 atom stereocenters. The number of alkyl halides is 6. The van der Waals surface area contributed by atoms with E-state index in [1.807, 2.05) is 0 Å². The van der Waals surface area contributed by atoms with Gasteiger partial charge in [-0.1, -0.05) is 24.3 Å². The van der Waals surface area contributed by atoms with E-state index in [1.165, 1.54) is 37.7 Å². The van der Waals surface area contributed by atoms with E-state index >= 15 is 0 Å². The molecule has 6 rings (SSSR count).